The number of nitrogens with zero attached hydrogens (tertiary/aromatic N) is 3. The zero-order valence-corrected chi connectivity index (χ0v) is 10.0. The first-order chi connectivity index (χ1) is 7.72. The molecule has 1 heterocycles. The van der Waals surface area contributed by atoms with Crippen LogP contribution in [-0.2, 0) is 6.42 Å². The predicted octanol–water partition coefficient (Wildman–Crippen LogP) is 2.50. The molecule has 16 heavy (non-hydrogen) atoms. The Balaban J connectivity index is 2.44. The SMILES string of the molecule is CCc1nn(-c2ccccc2)cc1N(C)C. The third-order valence-corrected chi connectivity index (χ3v) is 2.61. The molecule has 0 saturated heterocycles. The van der Waals surface area contributed by atoms with Crippen LogP contribution in [0.4, 0.5) is 5.69 Å². The van der Waals surface area contributed by atoms with Crippen LogP contribution in [0, 0.1) is 0 Å². The number of hydrogen-bond donors (Lipinski definition) is 0. The highest BCUT2D eigenvalue weighted by Gasteiger charge is 2.09. The monoisotopic (exact) mass is 215 g/mol. The first kappa shape index (κ1) is 10.7. The van der Waals surface area contributed by atoms with E-state index in [0.29, 0.717) is 0 Å². The molecule has 0 spiro atoms. The van der Waals surface area contributed by atoms with Crippen molar-refractivity contribution < 1.29 is 0 Å². The lowest BCUT2D eigenvalue weighted by atomic mass is 10.3. The molecule has 3 heteroatoms. The van der Waals surface area contributed by atoms with Crippen molar-refractivity contribution in [2.45, 2.75) is 13.3 Å². The summed E-state index contributed by atoms with van der Waals surface area (Å²) in [6.45, 7) is 2.13. The summed E-state index contributed by atoms with van der Waals surface area (Å²) >= 11 is 0. The molecular formula is C13H17N3. The second kappa shape index (κ2) is 4.39. The van der Waals surface area contributed by atoms with Crippen molar-refractivity contribution in [2.75, 3.05) is 19.0 Å². The van der Waals surface area contributed by atoms with Gasteiger partial charge in [0.1, 0.15) is 0 Å². The lowest BCUT2D eigenvalue weighted by Crippen LogP contribution is -2.09. The first-order valence-electron chi connectivity index (χ1n) is 5.53. The molecule has 3 nitrogen and oxygen atoms in total. The van der Waals surface area contributed by atoms with Crippen LogP contribution in [0.3, 0.4) is 0 Å². The summed E-state index contributed by atoms with van der Waals surface area (Å²) < 4.78 is 1.94. The molecule has 1 aromatic carbocycles. The van der Waals surface area contributed by atoms with Gasteiger partial charge in [0, 0.05) is 14.1 Å². The minimum absolute atomic E-state index is 0.952. The average Bonchev–Trinajstić information content (AvgIpc) is 2.74. The van der Waals surface area contributed by atoms with E-state index in [2.05, 4.69) is 35.3 Å². The zero-order valence-electron chi connectivity index (χ0n) is 10.0. The molecule has 0 atom stereocenters. The van der Waals surface area contributed by atoms with Gasteiger partial charge in [-0.2, -0.15) is 5.10 Å². The molecule has 0 amide bonds. The smallest absolute Gasteiger partial charge is 0.0859 e. The third kappa shape index (κ3) is 1.94. The maximum Gasteiger partial charge on any atom is 0.0859 e. The van der Waals surface area contributed by atoms with Crippen LogP contribution in [-0.4, -0.2) is 23.9 Å². The predicted molar refractivity (Wildman–Crippen MR) is 67.3 cm³/mol. The van der Waals surface area contributed by atoms with E-state index in [0.717, 1.165) is 17.8 Å². The minimum Gasteiger partial charge on any atom is -0.375 e. The van der Waals surface area contributed by atoms with Crippen LogP contribution in [0.25, 0.3) is 5.69 Å². The van der Waals surface area contributed by atoms with Gasteiger partial charge in [0.2, 0.25) is 0 Å². The molecule has 0 N–H and O–H groups in total. The Kier molecular flexibility index (Phi) is 2.95. The van der Waals surface area contributed by atoms with Gasteiger partial charge in [-0.1, -0.05) is 25.1 Å². The largest absolute Gasteiger partial charge is 0.375 e. The maximum atomic E-state index is 4.60. The number of anilines is 1. The van der Waals surface area contributed by atoms with Crippen LogP contribution in [0.2, 0.25) is 0 Å². The second-order valence-corrected chi connectivity index (χ2v) is 3.99. The van der Waals surface area contributed by atoms with E-state index in [1.54, 1.807) is 0 Å². The van der Waals surface area contributed by atoms with E-state index in [4.69, 9.17) is 0 Å². The minimum atomic E-state index is 0.952. The van der Waals surface area contributed by atoms with E-state index in [-0.39, 0.29) is 0 Å². The normalized spacial score (nSPS) is 10.4. The lowest BCUT2D eigenvalue weighted by molar-refractivity contribution is 0.841. The first-order valence-corrected chi connectivity index (χ1v) is 5.53. The standard InChI is InChI=1S/C13H17N3/c1-4-12-13(15(2)3)10-16(14-12)11-8-6-5-7-9-11/h5-10H,4H2,1-3H3. The second-order valence-electron chi connectivity index (χ2n) is 3.99. The van der Waals surface area contributed by atoms with E-state index >= 15 is 0 Å². The molecule has 2 rings (SSSR count). The van der Waals surface area contributed by atoms with Crippen LogP contribution < -0.4 is 4.90 Å². The van der Waals surface area contributed by atoms with Gasteiger partial charge < -0.3 is 4.90 Å². The van der Waals surface area contributed by atoms with Gasteiger partial charge in [0.25, 0.3) is 0 Å². The summed E-state index contributed by atoms with van der Waals surface area (Å²) in [5, 5.41) is 4.60. The fraction of sp³-hybridized carbons (Fsp3) is 0.308. The highest BCUT2D eigenvalue weighted by Crippen LogP contribution is 2.19. The molecule has 0 unspecified atom stereocenters. The number of hydrogen-bond acceptors (Lipinski definition) is 2. The Morgan fingerprint density at radius 2 is 1.88 bits per heavy atom. The highest BCUT2D eigenvalue weighted by molar-refractivity contribution is 5.50. The Morgan fingerprint density at radius 1 is 1.19 bits per heavy atom. The molecule has 0 aliphatic rings. The summed E-state index contributed by atoms with van der Waals surface area (Å²) in [5.41, 5.74) is 3.42. The quantitative estimate of drug-likeness (QED) is 0.784. The van der Waals surface area contributed by atoms with Crippen molar-refractivity contribution in [1.82, 2.24) is 9.78 Å². The van der Waals surface area contributed by atoms with E-state index < -0.39 is 0 Å². The van der Waals surface area contributed by atoms with Gasteiger partial charge in [-0.3, -0.25) is 0 Å². The number of para-hydroxylation sites is 1. The van der Waals surface area contributed by atoms with Crippen molar-refractivity contribution in [3.05, 3.63) is 42.2 Å². The lowest BCUT2D eigenvalue weighted by Gasteiger charge is -2.10. The van der Waals surface area contributed by atoms with Crippen molar-refractivity contribution in [3.63, 3.8) is 0 Å². The van der Waals surface area contributed by atoms with Crippen LogP contribution in [0.15, 0.2) is 36.5 Å². The maximum absolute atomic E-state index is 4.60. The topological polar surface area (TPSA) is 21.1 Å². The molecule has 1 aromatic heterocycles. The van der Waals surface area contributed by atoms with Gasteiger partial charge >= 0.3 is 0 Å². The van der Waals surface area contributed by atoms with E-state index in [9.17, 15) is 0 Å². The summed E-state index contributed by atoms with van der Waals surface area (Å²) in [4.78, 5) is 2.10. The molecule has 0 aliphatic heterocycles. The number of aromatic nitrogens is 2. The van der Waals surface area contributed by atoms with Crippen LogP contribution >= 0.6 is 0 Å². The van der Waals surface area contributed by atoms with Crippen molar-refractivity contribution in [2.24, 2.45) is 0 Å². The molecule has 84 valence electrons. The van der Waals surface area contributed by atoms with Crippen molar-refractivity contribution in [1.29, 1.82) is 0 Å². The van der Waals surface area contributed by atoms with Gasteiger partial charge in [0.05, 0.1) is 23.3 Å². The molecular weight excluding hydrogens is 198 g/mol. The summed E-state index contributed by atoms with van der Waals surface area (Å²) in [6, 6.07) is 10.2. The van der Waals surface area contributed by atoms with Gasteiger partial charge in [-0.05, 0) is 18.6 Å². The number of aryl methyl sites for hydroxylation is 1. The summed E-state index contributed by atoms with van der Waals surface area (Å²) in [5.74, 6) is 0. The molecule has 0 aliphatic carbocycles. The Labute approximate surface area is 96.3 Å². The molecule has 2 aromatic rings. The highest BCUT2D eigenvalue weighted by atomic mass is 15.3. The molecule has 0 fully saturated rings. The third-order valence-electron chi connectivity index (χ3n) is 2.61. The Bertz CT molecular complexity index is 457. The molecule has 0 saturated carbocycles. The Morgan fingerprint density at radius 3 is 2.38 bits per heavy atom. The average molecular weight is 215 g/mol. The van der Waals surface area contributed by atoms with E-state index in [1.165, 1.54) is 5.69 Å². The van der Waals surface area contributed by atoms with Crippen LogP contribution in [0.1, 0.15) is 12.6 Å². The molecule has 0 bridgehead atoms. The van der Waals surface area contributed by atoms with Gasteiger partial charge in [0.15, 0.2) is 0 Å². The Hall–Kier alpha value is -1.77. The summed E-state index contributed by atoms with van der Waals surface area (Å²) in [7, 11) is 4.09. The van der Waals surface area contributed by atoms with Crippen molar-refractivity contribution in [3.8, 4) is 5.69 Å². The number of rotatable bonds is 3. The van der Waals surface area contributed by atoms with Crippen molar-refractivity contribution >= 4 is 5.69 Å². The van der Waals surface area contributed by atoms with Gasteiger partial charge in [-0.25, -0.2) is 4.68 Å². The van der Waals surface area contributed by atoms with E-state index in [1.807, 2.05) is 37.0 Å². The number of benzene rings is 1. The van der Waals surface area contributed by atoms with Gasteiger partial charge in [-0.15, -0.1) is 0 Å². The fourth-order valence-electron chi connectivity index (χ4n) is 1.74. The zero-order chi connectivity index (χ0) is 11.5. The van der Waals surface area contributed by atoms with Crippen LogP contribution in [0.5, 0.6) is 0 Å². The fourth-order valence-corrected chi connectivity index (χ4v) is 1.74. The summed E-state index contributed by atoms with van der Waals surface area (Å²) in [6.07, 6.45) is 3.03. The molecule has 0 radical (unpaired) electrons.